The molecule has 0 spiro atoms. The Bertz CT molecular complexity index is 922. The van der Waals surface area contributed by atoms with E-state index in [4.69, 9.17) is 10.2 Å². The van der Waals surface area contributed by atoms with E-state index in [0.717, 1.165) is 3.27 Å². The van der Waals surface area contributed by atoms with Crippen LogP contribution in [0.3, 0.4) is 0 Å². The minimum atomic E-state index is -3.68. The molecule has 1 unspecified atom stereocenters. The first-order valence-electron chi connectivity index (χ1n) is 9.42. The summed E-state index contributed by atoms with van der Waals surface area (Å²) in [7, 11) is -3.68. The molecule has 0 saturated heterocycles. The minimum Gasteiger partial charge on any atom is -0.480 e. The number of unbranched alkanes of at least 4 members (excludes halogenated alkanes) is 1. The smallest absolute Gasteiger partial charge is 0.480 e. The van der Waals surface area contributed by atoms with E-state index in [1.165, 1.54) is 36.9 Å². The third-order valence-corrected chi connectivity index (χ3v) is 6.65. The predicted octanol–water partition coefficient (Wildman–Crippen LogP) is -0.620. The summed E-state index contributed by atoms with van der Waals surface area (Å²) in [6.45, 7) is 0.0640. The van der Waals surface area contributed by atoms with Crippen LogP contribution in [-0.4, -0.2) is 66.3 Å². The van der Waals surface area contributed by atoms with Crippen molar-refractivity contribution < 1.29 is 67.6 Å². The van der Waals surface area contributed by atoms with Gasteiger partial charge in [-0.1, -0.05) is 0 Å². The van der Waals surface area contributed by atoms with Gasteiger partial charge in [-0.15, -0.1) is 0 Å². The van der Waals surface area contributed by atoms with Crippen LogP contribution in [0.1, 0.15) is 32.1 Å². The van der Waals surface area contributed by atoms with E-state index >= 15 is 0 Å². The Morgan fingerprint density at radius 2 is 1.41 bits per heavy atom. The summed E-state index contributed by atoms with van der Waals surface area (Å²) >= 11 is 1.42. The van der Waals surface area contributed by atoms with Gasteiger partial charge in [-0.25, -0.2) is 14.4 Å². The number of sulfonamides is 1. The van der Waals surface area contributed by atoms with Crippen LogP contribution in [0.5, 0.6) is 0 Å². The van der Waals surface area contributed by atoms with Gasteiger partial charge in [0.15, 0.2) is 0 Å². The SMILES string of the molecule is O=C(O)CC[C@H](NC(=O)NC(CCCCNS(=O)(=O)c1ccc([At])cc1)C(=O)O)C(=O)O. The van der Waals surface area contributed by atoms with Crippen LogP contribution in [0.15, 0.2) is 29.2 Å². The van der Waals surface area contributed by atoms with Gasteiger partial charge in [0.1, 0.15) is 6.04 Å². The van der Waals surface area contributed by atoms with Crippen LogP contribution in [-0.2, 0) is 24.4 Å². The van der Waals surface area contributed by atoms with Crippen molar-refractivity contribution in [3.8, 4) is 0 Å². The van der Waals surface area contributed by atoms with Gasteiger partial charge >= 0.3 is 141 Å². The van der Waals surface area contributed by atoms with E-state index < -0.39 is 52.5 Å². The standard InChI is InChI=1S/C18H24AtN3O9S/c19-11-4-6-12(7-5-11)32(30,31)20-10-2-1-3-13(16(25)26)21-18(29)22-14(17(27)28)8-9-15(23)24/h4-7,13-14,20H,1-3,8-10H2,(H,23,24)(H,25,26)(H,27,28)(H2,21,22,29)/t13?,14-/m0/s1. The van der Waals surface area contributed by atoms with Crippen molar-refractivity contribution in [1.29, 1.82) is 0 Å². The molecule has 0 aromatic heterocycles. The fraction of sp³-hybridized carbons (Fsp3) is 0.444. The van der Waals surface area contributed by atoms with Crippen molar-refractivity contribution in [3.05, 3.63) is 24.3 Å². The van der Waals surface area contributed by atoms with Gasteiger partial charge < -0.3 is 20.6 Å². The molecule has 178 valence electrons. The summed E-state index contributed by atoms with van der Waals surface area (Å²) in [4.78, 5) is 45.1. The van der Waals surface area contributed by atoms with Crippen LogP contribution in [0.2, 0.25) is 0 Å². The molecule has 32 heavy (non-hydrogen) atoms. The Balaban J connectivity index is 2.48. The number of nitrogens with one attached hydrogen (secondary N) is 3. The van der Waals surface area contributed by atoms with E-state index in [1.54, 1.807) is 12.1 Å². The van der Waals surface area contributed by atoms with Gasteiger partial charge in [0.05, 0.1) is 0 Å². The number of amides is 2. The zero-order valence-electron chi connectivity index (χ0n) is 16.8. The molecule has 0 radical (unpaired) electrons. The number of urea groups is 1. The van der Waals surface area contributed by atoms with E-state index in [9.17, 15) is 32.7 Å². The molecule has 2 amide bonds. The van der Waals surface area contributed by atoms with E-state index in [2.05, 4.69) is 10.0 Å². The van der Waals surface area contributed by atoms with Gasteiger partial charge in [0.25, 0.3) is 0 Å². The Kier molecular flexibility index (Phi) is 11.5. The first-order chi connectivity index (χ1) is 14.9. The molecular formula is C18H24AtN3O9S. The Hall–Kier alpha value is -2.31. The van der Waals surface area contributed by atoms with E-state index in [1.807, 2.05) is 5.32 Å². The van der Waals surface area contributed by atoms with E-state index in [-0.39, 0.29) is 30.7 Å². The van der Waals surface area contributed by atoms with Crippen molar-refractivity contribution in [3.63, 3.8) is 0 Å². The molecule has 0 aliphatic carbocycles. The van der Waals surface area contributed by atoms with Crippen LogP contribution in [0.4, 0.5) is 4.79 Å². The zero-order chi connectivity index (χ0) is 24.3. The third-order valence-electron chi connectivity index (χ3n) is 4.19. The first-order valence-corrected chi connectivity index (χ1v) is 12.4. The number of rotatable bonds is 14. The molecule has 0 aliphatic rings. The van der Waals surface area contributed by atoms with Crippen molar-refractivity contribution in [2.45, 2.75) is 49.1 Å². The van der Waals surface area contributed by atoms with Crippen molar-refractivity contribution in [2.24, 2.45) is 0 Å². The van der Waals surface area contributed by atoms with Crippen molar-refractivity contribution >= 4 is 37.2 Å². The second-order valence-corrected chi connectivity index (χ2v) is 10.1. The van der Waals surface area contributed by atoms with E-state index in [0.29, 0.717) is 6.42 Å². The average molecular weight is 668 g/mol. The molecule has 1 rings (SSSR count). The number of carboxylic acids is 3. The van der Waals surface area contributed by atoms with Gasteiger partial charge in [0, 0.05) is 6.42 Å². The molecule has 1 aromatic rings. The predicted molar refractivity (Wildman–Crippen MR) is 107 cm³/mol. The molecule has 2 atom stereocenters. The number of benzene rings is 1. The second kappa shape index (κ2) is 13.3. The van der Waals surface area contributed by atoms with Gasteiger partial charge in [-0.05, 0) is 6.42 Å². The fourth-order valence-electron chi connectivity index (χ4n) is 2.52. The molecule has 0 heterocycles. The maximum absolute atomic E-state index is 12.2. The molecule has 6 N–H and O–H groups in total. The fourth-order valence-corrected chi connectivity index (χ4v) is 4.08. The monoisotopic (exact) mass is 668 g/mol. The van der Waals surface area contributed by atoms with Crippen LogP contribution in [0.25, 0.3) is 0 Å². The van der Waals surface area contributed by atoms with Gasteiger partial charge in [-0.2, -0.15) is 0 Å². The summed E-state index contributed by atoms with van der Waals surface area (Å²) in [5, 5.41) is 31.1. The molecule has 12 nitrogen and oxygen atoms in total. The number of hydrogen-bond acceptors (Lipinski definition) is 6. The molecule has 0 aliphatic heterocycles. The Morgan fingerprint density at radius 1 is 0.875 bits per heavy atom. The average Bonchev–Trinajstić information content (AvgIpc) is 2.69. The number of carbonyl (C=O) groups is 4. The van der Waals surface area contributed by atoms with Crippen LogP contribution < -0.4 is 18.6 Å². The van der Waals surface area contributed by atoms with Gasteiger partial charge in [-0.3, -0.25) is 4.79 Å². The summed E-state index contributed by atoms with van der Waals surface area (Å²) in [6.07, 6.45) is -0.311. The molecule has 14 heteroatoms. The molecule has 0 fully saturated rings. The molecular weight excluding hydrogens is 644 g/mol. The summed E-state index contributed by atoms with van der Waals surface area (Å²) in [5.41, 5.74) is 0. The zero-order valence-corrected chi connectivity index (χ0v) is 20.5. The molecule has 1 aromatic carbocycles. The van der Waals surface area contributed by atoms with Gasteiger partial charge in [0.2, 0.25) is 0 Å². The van der Waals surface area contributed by atoms with Crippen molar-refractivity contribution in [1.82, 2.24) is 15.4 Å². The summed E-state index contributed by atoms with van der Waals surface area (Å²) < 4.78 is 27.8. The Labute approximate surface area is 199 Å². The number of carbonyl (C=O) groups excluding carboxylic acids is 1. The van der Waals surface area contributed by atoms with Crippen LogP contribution >= 0.6 is 0 Å². The molecule has 0 saturated carbocycles. The molecule has 0 bridgehead atoms. The third kappa shape index (κ3) is 10.3. The topological polar surface area (TPSA) is 199 Å². The quantitative estimate of drug-likeness (QED) is 0.140. The number of aliphatic carboxylic acids is 3. The normalized spacial score (nSPS) is 13.0. The minimum absolute atomic E-state index is 0.0241. The first kappa shape index (κ1) is 27.7. The maximum atomic E-state index is 12.2. The van der Waals surface area contributed by atoms with Crippen LogP contribution in [0, 0.1) is 24.7 Å². The Morgan fingerprint density at radius 3 is 1.91 bits per heavy atom. The summed E-state index contributed by atoms with van der Waals surface area (Å²) in [5.74, 6) is -4.03. The van der Waals surface area contributed by atoms with Crippen molar-refractivity contribution in [2.75, 3.05) is 6.54 Å². The number of carboxylic acid groups (broad SMARTS) is 3. The second-order valence-electron chi connectivity index (χ2n) is 6.68. The summed E-state index contributed by atoms with van der Waals surface area (Å²) in [6, 6.07) is 2.48. The number of hydrogen-bond donors (Lipinski definition) is 6.